The first-order chi connectivity index (χ1) is 10.1. The molecule has 0 fully saturated rings. The fourth-order valence-electron chi connectivity index (χ4n) is 1.99. The van der Waals surface area contributed by atoms with E-state index in [2.05, 4.69) is 4.98 Å². The Kier molecular flexibility index (Phi) is 4.71. The molecule has 0 spiro atoms. The number of rotatable bonds is 5. The number of nitrogens with zero attached hydrogens (tertiary/aromatic N) is 3. The third kappa shape index (κ3) is 3.47. The van der Waals surface area contributed by atoms with Gasteiger partial charge in [0.15, 0.2) is 0 Å². The zero-order valence-corrected chi connectivity index (χ0v) is 12.0. The summed E-state index contributed by atoms with van der Waals surface area (Å²) >= 11 is 0. The van der Waals surface area contributed by atoms with Crippen LogP contribution in [-0.4, -0.2) is 35.6 Å². The molecule has 6 heteroatoms. The van der Waals surface area contributed by atoms with Crippen LogP contribution in [0.25, 0.3) is 0 Å². The monoisotopic (exact) mass is 287 g/mol. The van der Waals surface area contributed by atoms with E-state index in [1.807, 2.05) is 4.57 Å². The summed E-state index contributed by atoms with van der Waals surface area (Å²) in [7, 11) is 2.97. The van der Waals surface area contributed by atoms with E-state index >= 15 is 0 Å². The maximum Gasteiger partial charge on any atom is 0.339 e. The SMILES string of the molecule is COC(=O)c1ccccc1N(C)C(=O)CCn1ccnc1. The molecule has 0 bridgehead atoms. The van der Waals surface area contributed by atoms with Gasteiger partial charge in [0.05, 0.1) is 24.7 Å². The predicted octanol–water partition coefficient (Wildman–Crippen LogP) is 1.72. The lowest BCUT2D eigenvalue weighted by Crippen LogP contribution is -2.28. The Bertz CT molecular complexity index is 623. The molecule has 6 nitrogen and oxygen atoms in total. The molecule has 2 rings (SSSR count). The highest BCUT2D eigenvalue weighted by Gasteiger charge is 2.18. The van der Waals surface area contributed by atoms with Crippen molar-refractivity contribution in [2.75, 3.05) is 19.1 Å². The Hall–Kier alpha value is -2.63. The van der Waals surface area contributed by atoms with Gasteiger partial charge in [0, 0.05) is 32.4 Å². The number of aromatic nitrogens is 2. The van der Waals surface area contributed by atoms with Gasteiger partial charge in [-0.2, -0.15) is 0 Å². The molecule has 1 heterocycles. The number of carbonyl (C=O) groups is 2. The molecule has 0 aliphatic carbocycles. The van der Waals surface area contributed by atoms with Crippen LogP contribution in [0.4, 0.5) is 5.69 Å². The molecule has 1 amide bonds. The minimum atomic E-state index is -0.458. The van der Waals surface area contributed by atoms with Gasteiger partial charge >= 0.3 is 5.97 Å². The number of hydrogen-bond donors (Lipinski definition) is 0. The molecule has 2 aromatic rings. The topological polar surface area (TPSA) is 64.4 Å². The van der Waals surface area contributed by atoms with E-state index in [1.165, 1.54) is 12.0 Å². The van der Waals surface area contributed by atoms with Crippen molar-refractivity contribution in [3.63, 3.8) is 0 Å². The number of para-hydroxylation sites is 1. The van der Waals surface area contributed by atoms with Gasteiger partial charge in [-0.1, -0.05) is 12.1 Å². The van der Waals surface area contributed by atoms with E-state index in [4.69, 9.17) is 4.74 Å². The van der Waals surface area contributed by atoms with Crippen LogP contribution in [0.3, 0.4) is 0 Å². The second kappa shape index (κ2) is 6.69. The van der Waals surface area contributed by atoms with Crippen LogP contribution in [-0.2, 0) is 16.1 Å². The molecule has 0 atom stereocenters. The molecule has 0 N–H and O–H groups in total. The number of benzene rings is 1. The molecule has 0 unspecified atom stereocenters. The molecule has 110 valence electrons. The van der Waals surface area contributed by atoms with Gasteiger partial charge in [-0.3, -0.25) is 4.79 Å². The zero-order chi connectivity index (χ0) is 15.2. The first-order valence-corrected chi connectivity index (χ1v) is 6.53. The fourth-order valence-corrected chi connectivity index (χ4v) is 1.99. The second-order valence-corrected chi connectivity index (χ2v) is 4.51. The third-order valence-corrected chi connectivity index (χ3v) is 3.19. The summed E-state index contributed by atoms with van der Waals surface area (Å²) in [4.78, 5) is 29.4. The van der Waals surface area contributed by atoms with Crippen LogP contribution >= 0.6 is 0 Å². The third-order valence-electron chi connectivity index (χ3n) is 3.19. The Morgan fingerprint density at radius 3 is 2.76 bits per heavy atom. The smallest absolute Gasteiger partial charge is 0.339 e. The average molecular weight is 287 g/mol. The number of esters is 1. The van der Waals surface area contributed by atoms with Crippen LogP contribution in [0.1, 0.15) is 16.8 Å². The Morgan fingerprint density at radius 1 is 1.33 bits per heavy atom. The van der Waals surface area contributed by atoms with Gasteiger partial charge in [0.2, 0.25) is 5.91 Å². The van der Waals surface area contributed by atoms with E-state index < -0.39 is 5.97 Å². The summed E-state index contributed by atoms with van der Waals surface area (Å²) in [6.07, 6.45) is 5.45. The normalized spacial score (nSPS) is 10.2. The lowest BCUT2D eigenvalue weighted by Gasteiger charge is -2.20. The molecular weight excluding hydrogens is 270 g/mol. The van der Waals surface area contributed by atoms with Crippen molar-refractivity contribution in [2.45, 2.75) is 13.0 Å². The quantitative estimate of drug-likeness (QED) is 0.785. The lowest BCUT2D eigenvalue weighted by molar-refractivity contribution is -0.118. The second-order valence-electron chi connectivity index (χ2n) is 4.51. The molecule has 0 saturated carbocycles. The largest absolute Gasteiger partial charge is 0.465 e. The van der Waals surface area contributed by atoms with Crippen molar-refractivity contribution in [2.24, 2.45) is 0 Å². The van der Waals surface area contributed by atoms with Crippen molar-refractivity contribution < 1.29 is 14.3 Å². The number of anilines is 1. The Labute approximate surface area is 123 Å². The minimum absolute atomic E-state index is 0.0833. The molecule has 0 aliphatic heterocycles. The van der Waals surface area contributed by atoms with Crippen molar-refractivity contribution in [3.8, 4) is 0 Å². The summed E-state index contributed by atoms with van der Waals surface area (Å²) in [5.41, 5.74) is 0.915. The molecule has 1 aromatic heterocycles. The van der Waals surface area contributed by atoms with Crippen LogP contribution in [0, 0.1) is 0 Å². The number of hydrogen-bond acceptors (Lipinski definition) is 4. The molecule has 21 heavy (non-hydrogen) atoms. The van der Waals surface area contributed by atoms with Crippen molar-refractivity contribution in [1.29, 1.82) is 0 Å². The average Bonchev–Trinajstić information content (AvgIpc) is 3.04. The number of aryl methyl sites for hydroxylation is 1. The molecule has 0 aliphatic rings. The van der Waals surface area contributed by atoms with Crippen LogP contribution in [0.5, 0.6) is 0 Å². The van der Waals surface area contributed by atoms with Gasteiger partial charge in [-0.15, -0.1) is 0 Å². The van der Waals surface area contributed by atoms with Gasteiger partial charge in [-0.25, -0.2) is 9.78 Å². The zero-order valence-electron chi connectivity index (χ0n) is 12.0. The van der Waals surface area contributed by atoms with E-state index in [1.54, 1.807) is 50.0 Å². The summed E-state index contributed by atoms with van der Waals surface area (Å²) < 4.78 is 6.57. The van der Waals surface area contributed by atoms with Crippen molar-refractivity contribution in [3.05, 3.63) is 48.5 Å². The number of imidazole rings is 1. The highest BCUT2D eigenvalue weighted by Crippen LogP contribution is 2.20. The van der Waals surface area contributed by atoms with E-state index in [-0.39, 0.29) is 5.91 Å². The van der Waals surface area contributed by atoms with Crippen LogP contribution in [0.2, 0.25) is 0 Å². The predicted molar refractivity (Wildman–Crippen MR) is 78.0 cm³/mol. The molecule has 0 saturated heterocycles. The summed E-state index contributed by atoms with van der Waals surface area (Å²) in [5, 5.41) is 0. The first kappa shape index (κ1) is 14.8. The summed E-state index contributed by atoms with van der Waals surface area (Å²) in [5.74, 6) is -0.542. The van der Waals surface area contributed by atoms with Crippen molar-refractivity contribution >= 4 is 17.6 Å². The first-order valence-electron chi connectivity index (χ1n) is 6.53. The van der Waals surface area contributed by atoms with Gasteiger partial charge < -0.3 is 14.2 Å². The number of carbonyl (C=O) groups excluding carboxylic acids is 2. The standard InChI is InChI=1S/C15H17N3O3/c1-17(14(19)7-9-18-10-8-16-11-18)13-6-4-3-5-12(13)15(20)21-2/h3-6,8,10-11H,7,9H2,1-2H3. The Balaban J connectivity index is 2.10. The van der Waals surface area contributed by atoms with Gasteiger partial charge in [0.1, 0.15) is 0 Å². The highest BCUT2D eigenvalue weighted by atomic mass is 16.5. The van der Waals surface area contributed by atoms with E-state index in [0.29, 0.717) is 24.2 Å². The van der Waals surface area contributed by atoms with Gasteiger partial charge in [-0.05, 0) is 12.1 Å². The molecule has 1 aromatic carbocycles. The number of ether oxygens (including phenoxy) is 1. The fraction of sp³-hybridized carbons (Fsp3) is 0.267. The Morgan fingerprint density at radius 2 is 2.10 bits per heavy atom. The summed E-state index contributed by atoms with van der Waals surface area (Å²) in [6.45, 7) is 0.545. The number of methoxy groups -OCH3 is 1. The summed E-state index contributed by atoms with van der Waals surface area (Å²) in [6, 6.07) is 6.88. The number of amides is 1. The van der Waals surface area contributed by atoms with Crippen LogP contribution < -0.4 is 4.90 Å². The van der Waals surface area contributed by atoms with E-state index in [0.717, 1.165) is 0 Å². The van der Waals surface area contributed by atoms with Crippen molar-refractivity contribution in [1.82, 2.24) is 9.55 Å². The molecular formula is C15H17N3O3. The maximum absolute atomic E-state index is 12.2. The van der Waals surface area contributed by atoms with Gasteiger partial charge in [0.25, 0.3) is 0 Å². The molecule has 0 radical (unpaired) electrons. The lowest BCUT2D eigenvalue weighted by atomic mass is 10.1. The van der Waals surface area contributed by atoms with Crippen LogP contribution in [0.15, 0.2) is 43.0 Å². The minimum Gasteiger partial charge on any atom is -0.465 e. The van der Waals surface area contributed by atoms with E-state index in [9.17, 15) is 9.59 Å². The maximum atomic E-state index is 12.2. The highest BCUT2D eigenvalue weighted by molar-refractivity contribution is 6.02.